The molecule has 0 N–H and O–H groups in total. The Balaban J connectivity index is 2.97. The van der Waals surface area contributed by atoms with Gasteiger partial charge in [0.05, 0.1) is 6.54 Å². The molecule has 0 aliphatic heterocycles. The molecule has 0 fully saturated rings. The van der Waals surface area contributed by atoms with Crippen LogP contribution in [-0.2, 0) is 4.79 Å². The molecule has 1 rings (SSSR count). The number of carbonyl (C=O) groups excluding carboxylic acids is 1. The number of hydrogen-bond donors (Lipinski definition) is 0. The lowest BCUT2D eigenvalue weighted by Crippen LogP contribution is -2.05. The Kier molecular flexibility index (Phi) is 7.17. The van der Waals surface area contributed by atoms with E-state index >= 15 is 0 Å². The average Bonchev–Trinajstić information content (AvgIpc) is 2.56. The van der Waals surface area contributed by atoms with Gasteiger partial charge in [0, 0.05) is 24.4 Å². The Bertz CT molecular complexity index is 624. The molecule has 1 aromatic carbocycles. The van der Waals surface area contributed by atoms with Crippen LogP contribution >= 0.6 is 0 Å². The molecule has 0 aliphatic rings. The van der Waals surface area contributed by atoms with Gasteiger partial charge in [-0.05, 0) is 36.6 Å². The van der Waals surface area contributed by atoms with Gasteiger partial charge < -0.3 is 4.79 Å². The summed E-state index contributed by atoms with van der Waals surface area (Å²) < 4.78 is 0. The summed E-state index contributed by atoms with van der Waals surface area (Å²) >= 11 is 0. The summed E-state index contributed by atoms with van der Waals surface area (Å²) in [4.78, 5) is 18.7. The number of hydrogen-bond acceptors (Lipinski definition) is 3. The number of allylic oxidation sites excluding steroid dienone is 3. The lowest BCUT2D eigenvalue weighted by atomic mass is 9.88. The molecule has 1 unspecified atom stereocenters. The molecule has 0 aromatic heterocycles. The zero-order chi connectivity index (χ0) is 16.5. The first-order chi connectivity index (χ1) is 10.5. The van der Waals surface area contributed by atoms with E-state index in [0.717, 1.165) is 28.8 Å². The lowest BCUT2D eigenvalue weighted by Gasteiger charge is -2.17. The molecular formula is C19H24N2O. The van der Waals surface area contributed by atoms with Crippen LogP contribution in [0.3, 0.4) is 0 Å². The van der Waals surface area contributed by atoms with E-state index in [9.17, 15) is 4.79 Å². The van der Waals surface area contributed by atoms with Gasteiger partial charge in [0.1, 0.15) is 6.29 Å². The SMILES string of the molecule is C=C(/C=C\C(C)=NCC=O)C(C)c1ccccc1C(C)=NC. The summed E-state index contributed by atoms with van der Waals surface area (Å²) in [6.45, 7) is 10.4. The highest BCUT2D eigenvalue weighted by Crippen LogP contribution is 2.27. The molecule has 0 amide bonds. The normalized spacial score (nSPS) is 14.2. The molecular weight excluding hydrogens is 272 g/mol. The fourth-order valence-electron chi connectivity index (χ4n) is 2.13. The number of aldehydes is 1. The number of nitrogens with zero attached hydrogens (tertiary/aromatic N) is 2. The summed E-state index contributed by atoms with van der Waals surface area (Å²) in [5.74, 6) is 0.183. The van der Waals surface area contributed by atoms with Crippen molar-refractivity contribution in [3.05, 3.63) is 59.7 Å². The van der Waals surface area contributed by atoms with Crippen molar-refractivity contribution < 1.29 is 4.79 Å². The molecule has 3 heteroatoms. The summed E-state index contributed by atoms with van der Waals surface area (Å²) in [5.41, 5.74) is 5.20. The molecule has 0 saturated heterocycles. The molecule has 3 nitrogen and oxygen atoms in total. The largest absolute Gasteiger partial charge is 0.301 e. The van der Waals surface area contributed by atoms with Crippen LogP contribution in [0, 0.1) is 0 Å². The van der Waals surface area contributed by atoms with Crippen LogP contribution in [0.1, 0.15) is 37.8 Å². The van der Waals surface area contributed by atoms with E-state index < -0.39 is 0 Å². The van der Waals surface area contributed by atoms with Crippen LogP contribution in [0.5, 0.6) is 0 Å². The molecule has 0 heterocycles. The quantitative estimate of drug-likeness (QED) is 0.426. The minimum atomic E-state index is 0.183. The molecule has 116 valence electrons. The summed E-state index contributed by atoms with van der Waals surface area (Å²) in [6, 6.07) is 8.25. The maximum atomic E-state index is 10.3. The minimum absolute atomic E-state index is 0.183. The maximum Gasteiger partial charge on any atom is 0.141 e. The standard InChI is InChI=1S/C19H24N2O/c1-14(10-11-15(2)21-12-13-22)16(3)18-8-6-7-9-19(18)17(4)20-5/h6-11,13,16H,1,12H2,2-5H3/b11-10-,20-17?,21-15?. The second-order valence-corrected chi connectivity index (χ2v) is 5.17. The Morgan fingerprint density at radius 1 is 1.27 bits per heavy atom. The lowest BCUT2D eigenvalue weighted by molar-refractivity contribution is -0.106. The van der Waals surface area contributed by atoms with E-state index in [1.807, 2.05) is 38.1 Å². The van der Waals surface area contributed by atoms with Crippen LogP contribution in [0.15, 0.2) is 58.6 Å². The maximum absolute atomic E-state index is 10.3. The van der Waals surface area contributed by atoms with Crippen molar-refractivity contribution in [2.75, 3.05) is 13.6 Å². The van der Waals surface area contributed by atoms with Crippen molar-refractivity contribution in [2.24, 2.45) is 9.98 Å². The van der Waals surface area contributed by atoms with Crippen molar-refractivity contribution in [1.29, 1.82) is 0 Å². The Hall–Kier alpha value is -2.29. The van der Waals surface area contributed by atoms with Crippen LogP contribution < -0.4 is 0 Å². The third kappa shape index (κ3) is 4.92. The molecule has 0 spiro atoms. The smallest absolute Gasteiger partial charge is 0.141 e. The molecule has 22 heavy (non-hydrogen) atoms. The first-order valence-electron chi connectivity index (χ1n) is 7.35. The summed E-state index contributed by atoms with van der Waals surface area (Å²) in [5, 5.41) is 0. The minimum Gasteiger partial charge on any atom is -0.301 e. The molecule has 0 radical (unpaired) electrons. The van der Waals surface area contributed by atoms with Crippen LogP contribution in [0.2, 0.25) is 0 Å². The van der Waals surface area contributed by atoms with Crippen LogP contribution in [0.25, 0.3) is 0 Å². The van der Waals surface area contributed by atoms with E-state index in [-0.39, 0.29) is 12.5 Å². The van der Waals surface area contributed by atoms with Crippen molar-refractivity contribution in [1.82, 2.24) is 0 Å². The van der Waals surface area contributed by atoms with Gasteiger partial charge in [-0.25, -0.2) is 0 Å². The fourth-order valence-corrected chi connectivity index (χ4v) is 2.13. The van der Waals surface area contributed by atoms with Crippen molar-refractivity contribution in [2.45, 2.75) is 26.7 Å². The Morgan fingerprint density at radius 3 is 2.59 bits per heavy atom. The first-order valence-corrected chi connectivity index (χ1v) is 7.35. The third-order valence-corrected chi connectivity index (χ3v) is 3.66. The number of benzene rings is 1. The third-order valence-electron chi connectivity index (χ3n) is 3.66. The van der Waals surface area contributed by atoms with Gasteiger partial charge >= 0.3 is 0 Å². The molecule has 1 aromatic rings. The zero-order valence-corrected chi connectivity index (χ0v) is 13.8. The van der Waals surface area contributed by atoms with E-state index in [1.54, 1.807) is 7.05 Å². The second-order valence-electron chi connectivity index (χ2n) is 5.17. The summed E-state index contributed by atoms with van der Waals surface area (Å²) in [6.07, 6.45) is 4.65. The van der Waals surface area contributed by atoms with Gasteiger partial charge in [0.15, 0.2) is 0 Å². The van der Waals surface area contributed by atoms with Crippen molar-refractivity contribution >= 4 is 17.7 Å². The van der Waals surface area contributed by atoms with E-state index in [0.29, 0.717) is 0 Å². The van der Waals surface area contributed by atoms with Gasteiger partial charge in [0.2, 0.25) is 0 Å². The highest BCUT2D eigenvalue weighted by molar-refractivity contribution is 6.00. The second kappa shape index (κ2) is 8.88. The van der Waals surface area contributed by atoms with Crippen LogP contribution in [0.4, 0.5) is 0 Å². The van der Waals surface area contributed by atoms with Gasteiger partial charge in [0.25, 0.3) is 0 Å². The average molecular weight is 296 g/mol. The van der Waals surface area contributed by atoms with Crippen molar-refractivity contribution in [3.63, 3.8) is 0 Å². The molecule has 1 atom stereocenters. The fraction of sp³-hybridized carbons (Fsp3) is 0.316. The summed E-state index contributed by atoms with van der Waals surface area (Å²) in [7, 11) is 1.80. The first kappa shape index (κ1) is 17.8. The number of rotatable bonds is 7. The predicted octanol–water partition coefficient (Wildman–Crippen LogP) is 4.00. The molecule has 0 bridgehead atoms. The number of aliphatic imine (C=N–C) groups is 2. The Morgan fingerprint density at radius 2 is 1.95 bits per heavy atom. The Labute approximate surface area is 133 Å². The van der Waals surface area contributed by atoms with Gasteiger partial charge in [-0.2, -0.15) is 0 Å². The van der Waals surface area contributed by atoms with Crippen molar-refractivity contribution in [3.8, 4) is 0 Å². The van der Waals surface area contributed by atoms with E-state index in [1.165, 1.54) is 5.56 Å². The van der Waals surface area contributed by atoms with Gasteiger partial charge in [-0.15, -0.1) is 0 Å². The van der Waals surface area contributed by atoms with E-state index in [4.69, 9.17) is 0 Å². The van der Waals surface area contributed by atoms with Crippen LogP contribution in [-0.4, -0.2) is 31.3 Å². The highest BCUT2D eigenvalue weighted by Gasteiger charge is 2.13. The monoisotopic (exact) mass is 296 g/mol. The molecule has 0 aliphatic carbocycles. The molecule has 0 saturated carbocycles. The van der Waals surface area contributed by atoms with Gasteiger partial charge in [-0.1, -0.05) is 43.8 Å². The number of carbonyl (C=O) groups is 1. The van der Waals surface area contributed by atoms with E-state index in [2.05, 4.69) is 35.6 Å². The topological polar surface area (TPSA) is 41.8 Å². The highest BCUT2D eigenvalue weighted by atomic mass is 16.1. The van der Waals surface area contributed by atoms with Gasteiger partial charge in [-0.3, -0.25) is 9.98 Å². The predicted molar refractivity (Wildman–Crippen MR) is 95.3 cm³/mol. The zero-order valence-electron chi connectivity index (χ0n) is 13.8.